The molecule has 1 aliphatic heterocycles. The Bertz CT molecular complexity index is 1600. The van der Waals surface area contributed by atoms with Crippen LogP contribution in [0.25, 0.3) is 5.76 Å². The van der Waals surface area contributed by atoms with Crippen molar-refractivity contribution in [2.24, 2.45) is 0 Å². The van der Waals surface area contributed by atoms with Crippen LogP contribution < -0.4 is 9.47 Å². The maximum absolute atomic E-state index is 13.5. The number of nitrogens with zero attached hydrogens (tertiary/aromatic N) is 2. The van der Waals surface area contributed by atoms with E-state index < -0.39 is 17.7 Å². The third-order valence-corrected chi connectivity index (χ3v) is 7.17. The average molecular weight is 563 g/mol. The molecule has 0 aromatic heterocycles. The lowest BCUT2D eigenvalue weighted by molar-refractivity contribution is -0.140. The lowest BCUT2D eigenvalue weighted by atomic mass is 9.94. The molecule has 214 valence electrons. The Morgan fingerprint density at radius 1 is 0.857 bits per heavy atom. The molecule has 1 atom stereocenters. The highest BCUT2D eigenvalue weighted by molar-refractivity contribution is 6.46. The van der Waals surface area contributed by atoms with Crippen LogP contribution in [0, 0.1) is 6.92 Å². The van der Waals surface area contributed by atoms with E-state index in [0.717, 1.165) is 11.1 Å². The summed E-state index contributed by atoms with van der Waals surface area (Å²) in [7, 11) is 3.81. The van der Waals surface area contributed by atoms with E-state index in [4.69, 9.17) is 9.47 Å². The third-order valence-electron chi connectivity index (χ3n) is 7.17. The molecule has 1 saturated heterocycles. The number of likely N-dealkylation sites (tertiary alicyclic amines) is 1. The predicted molar refractivity (Wildman–Crippen MR) is 162 cm³/mol. The largest absolute Gasteiger partial charge is 0.507 e. The van der Waals surface area contributed by atoms with E-state index in [2.05, 4.69) is 0 Å². The summed E-state index contributed by atoms with van der Waals surface area (Å²) in [6.45, 7) is 3.16. The summed E-state index contributed by atoms with van der Waals surface area (Å²) < 4.78 is 12.0. The number of aliphatic hydroxyl groups excluding tert-OH is 1. The second-order valence-electron chi connectivity index (χ2n) is 10.5. The van der Waals surface area contributed by atoms with E-state index in [1.165, 1.54) is 4.90 Å². The molecule has 1 heterocycles. The van der Waals surface area contributed by atoms with E-state index in [-0.39, 0.29) is 11.3 Å². The first-order valence-electron chi connectivity index (χ1n) is 13.9. The van der Waals surface area contributed by atoms with Gasteiger partial charge in [0.2, 0.25) is 0 Å². The minimum atomic E-state index is -0.779. The van der Waals surface area contributed by atoms with Crippen LogP contribution in [0.15, 0.2) is 109 Å². The summed E-state index contributed by atoms with van der Waals surface area (Å²) in [6, 6.07) is 31.0. The smallest absolute Gasteiger partial charge is 0.295 e. The van der Waals surface area contributed by atoms with Crippen molar-refractivity contribution in [1.82, 2.24) is 9.80 Å². The van der Waals surface area contributed by atoms with Gasteiger partial charge in [-0.2, -0.15) is 0 Å². The number of carbonyl (C=O) groups excluding carboxylic acids is 2. The Morgan fingerprint density at radius 2 is 1.55 bits per heavy atom. The molecule has 4 aromatic carbocycles. The molecule has 0 spiro atoms. The number of aryl methyl sites for hydroxylation is 1. The van der Waals surface area contributed by atoms with Crippen molar-refractivity contribution in [2.45, 2.75) is 19.6 Å². The van der Waals surface area contributed by atoms with Crippen LogP contribution >= 0.6 is 0 Å². The monoisotopic (exact) mass is 562 g/mol. The molecule has 0 aliphatic carbocycles. The lowest BCUT2D eigenvalue weighted by Crippen LogP contribution is -2.35. The quantitative estimate of drug-likeness (QED) is 0.138. The van der Waals surface area contributed by atoms with Crippen molar-refractivity contribution in [3.63, 3.8) is 0 Å². The first-order valence-corrected chi connectivity index (χ1v) is 13.9. The van der Waals surface area contributed by atoms with Crippen LogP contribution in [-0.4, -0.2) is 53.8 Å². The van der Waals surface area contributed by atoms with E-state index in [1.807, 2.05) is 111 Å². The van der Waals surface area contributed by atoms with Crippen LogP contribution in [0.2, 0.25) is 0 Å². The molecule has 42 heavy (non-hydrogen) atoms. The highest BCUT2D eigenvalue weighted by Crippen LogP contribution is 2.41. The van der Waals surface area contributed by atoms with Crippen molar-refractivity contribution in [1.29, 1.82) is 0 Å². The Kier molecular flexibility index (Phi) is 8.69. The molecule has 1 aliphatic rings. The van der Waals surface area contributed by atoms with Crippen LogP contribution in [-0.2, 0) is 16.2 Å². The van der Waals surface area contributed by atoms with Gasteiger partial charge >= 0.3 is 0 Å². The first kappa shape index (κ1) is 28.6. The predicted octanol–water partition coefficient (Wildman–Crippen LogP) is 6.35. The van der Waals surface area contributed by atoms with Gasteiger partial charge in [-0.05, 0) is 80.2 Å². The van der Waals surface area contributed by atoms with Gasteiger partial charge in [0.15, 0.2) is 0 Å². The number of hydrogen-bond acceptors (Lipinski definition) is 6. The van der Waals surface area contributed by atoms with Gasteiger partial charge in [-0.15, -0.1) is 0 Å². The molecule has 1 amide bonds. The van der Waals surface area contributed by atoms with Crippen molar-refractivity contribution in [3.8, 4) is 17.2 Å². The Labute approximate surface area is 246 Å². The SMILES string of the molecule is Cc1cc(/C(O)=C2/C(=O)C(=O)N(CCN(C)C)C2c2cccc(Oc3ccccc3)c2)ccc1OCc1ccccc1. The van der Waals surface area contributed by atoms with E-state index >= 15 is 0 Å². The van der Waals surface area contributed by atoms with Gasteiger partial charge in [0.05, 0.1) is 11.6 Å². The number of amides is 1. The summed E-state index contributed by atoms with van der Waals surface area (Å²) in [4.78, 5) is 30.3. The van der Waals surface area contributed by atoms with Gasteiger partial charge < -0.3 is 24.4 Å². The number of ether oxygens (including phenoxy) is 2. The van der Waals surface area contributed by atoms with Gasteiger partial charge in [-0.3, -0.25) is 9.59 Å². The molecule has 0 bridgehead atoms. The fourth-order valence-electron chi connectivity index (χ4n) is 4.99. The highest BCUT2D eigenvalue weighted by atomic mass is 16.5. The molecular formula is C35H34N2O5. The van der Waals surface area contributed by atoms with Crippen molar-refractivity contribution in [2.75, 3.05) is 27.2 Å². The molecule has 0 radical (unpaired) electrons. The number of benzene rings is 4. The molecule has 0 saturated carbocycles. The van der Waals surface area contributed by atoms with E-state index in [1.54, 1.807) is 18.2 Å². The Hall–Kier alpha value is -4.88. The second kappa shape index (κ2) is 12.7. The Morgan fingerprint density at radius 3 is 2.24 bits per heavy atom. The van der Waals surface area contributed by atoms with Gasteiger partial charge in [0.25, 0.3) is 11.7 Å². The van der Waals surface area contributed by atoms with Crippen LogP contribution in [0.4, 0.5) is 0 Å². The fraction of sp³-hybridized carbons (Fsp3) is 0.200. The molecule has 1 N–H and O–H groups in total. The molecular weight excluding hydrogens is 528 g/mol. The average Bonchev–Trinajstić information content (AvgIpc) is 3.25. The van der Waals surface area contributed by atoms with Crippen molar-refractivity contribution < 1.29 is 24.2 Å². The van der Waals surface area contributed by atoms with E-state index in [9.17, 15) is 14.7 Å². The fourth-order valence-corrected chi connectivity index (χ4v) is 4.99. The number of ketones is 1. The summed E-state index contributed by atoms with van der Waals surface area (Å²) >= 11 is 0. The normalized spacial score (nSPS) is 16.2. The number of rotatable bonds is 10. The maximum Gasteiger partial charge on any atom is 0.295 e. The van der Waals surface area contributed by atoms with Crippen molar-refractivity contribution in [3.05, 3.63) is 131 Å². The number of hydrogen-bond donors (Lipinski definition) is 1. The molecule has 1 unspecified atom stereocenters. The minimum Gasteiger partial charge on any atom is -0.507 e. The molecule has 7 heteroatoms. The molecule has 1 fully saturated rings. The van der Waals surface area contributed by atoms with Gasteiger partial charge in [0, 0.05) is 18.7 Å². The second-order valence-corrected chi connectivity index (χ2v) is 10.5. The summed E-state index contributed by atoms with van der Waals surface area (Å²) in [5.74, 6) is 0.320. The number of Topliss-reactive ketones (excluding diaryl/α,β-unsaturated/α-hetero) is 1. The number of para-hydroxylation sites is 1. The first-order chi connectivity index (χ1) is 20.3. The van der Waals surface area contributed by atoms with Gasteiger partial charge in [-0.1, -0.05) is 60.7 Å². The van der Waals surface area contributed by atoms with Crippen LogP contribution in [0.5, 0.6) is 17.2 Å². The van der Waals surface area contributed by atoms with Crippen LogP contribution in [0.1, 0.15) is 28.3 Å². The summed E-state index contributed by atoms with van der Waals surface area (Å²) in [5, 5.41) is 11.6. The lowest BCUT2D eigenvalue weighted by Gasteiger charge is -2.27. The van der Waals surface area contributed by atoms with Crippen LogP contribution in [0.3, 0.4) is 0 Å². The minimum absolute atomic E-state index is 0.0490. The Balaban J connectivity index is 1.50. The molecule has 5 rings (SSSR count). The number of aliphatic hydroxyl groups is 1. The highest BCUT2D eigenvalue weighted by Gasteiger charge is 2.46. The third kappa shape index (κ3) is 6.37. The standard InChI is InChI=1S/C35H34N2O5/c1-24-21-27(17-18-30(24)41-23-25-11-6-4-7-12-25)33(38)31-32(37(20-19-36(2)3)35(40)34(31)39)26-13-10-16-29(22-26)42-28-14-8-5-9-15-28/h4-18,21-22,32,38H,19-20,23H2,1-3H3/b33-31-. The zero-order valence-corrected chi connectivity index (χ0v) is 24.0. The van der Waals surface area contributed by atoms with Gasteiger partial charge in [-0.25, -0.2) is 0 Å². The van der Waals surface area contributed by atoms with Crippen molar-refractivity contribution >= 4 is 17.4 Å². The topological polar surface area (TPSA) is 79.3 Å². The maximum atomic E-state index is 13.5. The summed E-state index contributed by atoms with van der Waals surface area (Å²) in [6.07, 6.45) is 0. The van der Waals surface area contributed by atoms with Gasteiger partial charge in [0.1, 0.15) is 29.6 Å². The summed E-state index contributed by atoms with van der Waals surface area (Å²) in [5.41, 5.74) is 2.99. The number of carbonyl (C=O) groups is 2. The van der Waals surface area contributed by atoms with E-state index in [0.29, 0.717) is 48.1 Å². The molecule has 7 nitrogen and oxygen atoms in total. The number of likely N-dealkylation sites (N-methyl/N-ethyl adjacent to an activating group) is 1. The molecule has 4 aromatic rings. The zero-order valence-electron chi connectivity index (χ0n) is 24.0. The zero-order chi connectivity index (χ0) is 29.6.